The average molecular weight is 292 g/mol. The van der Waals surface area contributed by atoms with E-state index in [4.69, 9.17) is 9.47 Å². The Kier molecular flexibility index (Phi) is 5.48. The van der Waals surface area contributed by atoms with Crippen molar-refractivity contribution in [2.24, 2.45) is 5.92 Å². The van der Waals surface area contributed by atoms with Gasteiger partial charge in [0, 0.05) is 36.8 Å². The van der Waals surface area contributed by atoms with Crippen LogP contribution in [0.3, 0.4) is 0 Å². The number of hydrogen-bond acceptors (Lipinski definition) is 4. The fourth-order valence-corrected chi connectivity index (χ4v) is 3.06. The zero-order valence-electron chi connectivity index (χ0n) is 13.8. The summed E-state index contributed by atoms with van der Waals surface area (Å²) in [6.07, 6.45) is 1.19. The number of piperidine rings is 1. The smallest absolute Gasteiger partial charge is 0.127 e. The third-order valence-corrected chi connectivity index (χ3v) is 4.66. The van der Waals surface area contributed by atoms with Crippen molar-refractivity contribution in [1.29, 1.82) is 0 Å². The Bertz CT molecular complexity index is 464. The second-order valence-corrected chi connectivity index (χ2v) is 6.17. The molecule has 2 rings (SSSR count). The lowest BCUT2D eigenvalue weighted by Crippen LogP contribution is -2.50. The van der Waals surface area contributed by atoms with Gasteiger partial charge in [-0.2, -0.15) is 0 Å². The minimum Gasteiger partial charge on any atom is -0.497 e. The summed E-state index contributed by atoms with van der Waals surface area (Å²) >= 11 is 0. The van der Waals surface area contributed by atoms with Gasteiger partial charge < -0.3 is 19.7 Å². The fraction of sp³-hybridized carbons (Fsp3) is 0.647. The van der Waals surface area contributed by atoms with Gasteiger partial charge in [-0.25, -0.2) is 0 Å². The molecule has 4 nitrogen and oxygen atoms in total. The summed E-state index contributed by atoms with van der Waals surface area (Å²) in [4.78, 5) is 2.44. The molecule has 1 N–H and O–H groups in total. The van der Waals surface area contributed by atoms with Crippen molar-refractivity contribution in [2.45, 2.75) is 38.9 Å². The molecule has 1 aliphatic rings. The SMILES string of the molecule is COc1ccc(CNC2CC(C)N(C)CC2C)c(OC)c1. The van der Waals surface area contributed by atoms with Crippen LogP contribution in [0.4, 0.5) is 0 Å². The van der Waals surface area contributed by atoms with E-state index < -0.39 is 0 Å². The minimum absolute atomic E-state index is 0.558. The molecular weight excluding hydrogens is 264 g/mol. The van der Waals surface area contributed by atoms with Gasteiger partial charge in [-0.15, -0.1) is 0 Å². The maximum absolute atomic E-state index is 5.46. The van der Waals surface area contributed by atoms with E-state index in [2.05, 4.69) is 37.2 Å². The van der Waals surface area contributed by atoms with Crippen LogP contribution in [0, 0.1) is 5.92 Å². The van der Waals surface area contributed by atoms with Gasteiger partial charge in [-0.1, -0.05) is 13.0 Å². The lowest BCUT2D eigenvalue weighted by Gasteiger charge is -2.40. The molecule has 0 radical (unpaired) electrons. The topological polar surface area (TPSA) is 33.7 Å². The van der Waals surface area contributed by atoms with Crippen LogP contribution >= 0.6 is 0 Å². The molecule has 0 aliphatic carbocycles. The molecule has 0 bridgehead atoms. The van der Waals surface area contributed by atoms with Crippen molar-refractivity contribution >= 4 is 0 Å². The molecule has 1 fully saturated rings. The summed E-state index contributed by atoms with van der Waals surface area (Å²) in [5.41, 5.74) is 1.18. The molecule has 0 spiro atoms. The first kappa shape index (κ1) is 16.1. The number of rotatable bonds is 5. The normalized spacial score (nSPS) is 26.6. The molecule has 0 aromatic heterocycles. The first-order valence-electron chi connectivity index (χ1n) is 7.69. The van der Waals surface area contributed by atoms with Crippen molar-refractivity contribution < 1.29 is 9.47 Å². The largest absolute Gasteiger partial charge is 0.497 e. The first-order valence-corrected chi connectivity index (χ1v) is 7.69. The number of ether oxygens (including phenoxy) is 2. The van der Waals surface area contributed by atoms with Crippen LogP contribution in [-0.4, -0.2) is 44.8 Å². The number of nitrogens with one attached hydrogen (secondary N) is 1. The molecule has 118 valence electrons. The van der Waals surface area contributed by atoms with Crippen LogP contribution in [0.1, 0.15) is 25.8 Å². The van der Waals surface area contributed by atoms with E-state index in [1.807, 2.05) is 12.1 Å². The van der Waals surface area contributed by atoms with Gasteiger partial charge >= 0.3 is 0 Å². The van der Waals surface area contributed by atoms with Gasteiger partial charge in [-0.05, 0) is 32.4 Å². The van der Waals surface area contributed by atoms with E-state index in [9.17, 15) is 0 Å². The van der Waals surface area contributed by atoms with Crippen molar-refractivity contribution in [3.63, 3.8) is 0 Å². The quantitative estimate of drug-likeness (QED) is 0.904. The number of hydrogen-bond donors (Lipinski definition) is 1. The molecule has 3 unspecified atom stereocenters. The Morgan fingerprint density at radius 2 is 2.00 bits per heavy atom. The Morgan fingerprint density at radius 3 is 2.67 bits per heavy atom. The van der Waals surface area contributed by atoms with Crippen molar-refractivity contribution in [3.8, 4) is 11.5 Å². The molecule has 1 aromatic rings. The zero-order chi connectivity index (χ0) is 15.4. The average Bonchev–Trinajstić information content (AvgIpc) is 2.49. The van der Waals surface area contributed by atoms with E-state index in [0.29, 0.717) is 18.0 Å². The van der Waals surface area contributed by atoms with Crippen LogP contribution < -0.4 is 14.8 Å². The first-order chi connectivity index (χ1) is 10.0. The van der Waals surface area contributed by atoms with Crippen molar-refractivity contribution in [1.82, 2.24) is 10.2 Å². The highest BCUT2D eigenvalue weighted by Gasteiger charge is 2.28. The molecule has 1 aromatic carbocycles. The molecule has 4 heteroatoms. The van der Waals surface area contributed by atoms with Crippen LogP contribution in [0.5, 0.6) is 11.5 Å². The van der Waals surface area contributed by atoms with Gasteiger partial charge in [0.2, 0.25) is 0 Å². The van der Waals surface area contributed by atoms with Gasteiger partial charge in [0.05, 0.1) is 14.2 Å². The Hall–Kier alpha value is -1.26. The predicted molar refractivity (Wildman–Crippen MR) is 86.0 cm³/mol. The summed E-state index contributed by atoms with van der Waals surface area (Å²) in [5.74, 6) is 2.38. The van der Waals surface area contributed by atoms with E-state index >= 15 is 0 Å². The van der Waals surface area contributed by atoms with Crippen molar-refractivity contribution in [2.75, 3.05) is 27.8 Å². The number of benzene rings is 1. The van der Waals surface area contributed by atoms with Gasteiger partial charge in [0.1, 0.15) is 11.5 Å². The highest BCUT2D eigenvalue weighted by molar-refractivity contribution is 5.40. The molecule has 21 heavy (non-hydrogen) atoms. The van der Waals surface area contributed by atoms with E-state index in [0.717, 1.165) is 24.6 Å². The van der Waals surface area contributed by atoms with Crippen LogP contribution in [0.15, 0.2) is 18.2 Å². The number of methoxy groups -OCH3 is 2. The molecule has 1 saturated heterocycles. The van der Waals surface area contributed by atoms with E-state index in [-0.39, 0.29) is 0 Å². The van der Waals surface area contributed by atoms with Crippen molar-refractivity contribution in [3.05, 3.63) is 23.8 Å². The fourth-order valence-electron chi connectivity index (χ4n) is 3.06. The lowest BCUT2D eigenvalue weighted by molar-refractivity contribution is 0.121. The van der Waals surface area contributed by atoms with E-state index in [1.54, 1.807) is 14.2 Å². The molecule has 1 aliphatic heterocycles. The molecule has 1 heterocycles. The molecule has 0 saturated carbocycles. The molecular formula is C17H28N2O2. The standard InChI is InChI=1S/C17H28N2O2/c1-12-11-19(3)13(2)8-16(12)18-10-14-6-7-15(20-4)9-17(14)21-5/h6-7,9,12-13,16,18H,8,10-11H2,1-5H3. The summed E-state index contributed by atoms with van der Waals surface area (Å²) < 4.78 is 10.7. The summed E-state index contributed by atoms with van der Waals surface area (Å²) in [6.45, 7) is 6.61. The van der Waals surface area contributed by atoms with Gasteiger partial charge in [0.15, 0.2) is 0 Å². The Balaban J connectivity index is 1.99. The van der Waals surface area contributed by atoms with E-state index in [1.165, 1.54) is 12.0 Å². The monoisotopic (exact) mass is 292 g/mol. The minimum atomic E-state index is 0.558. The summed E-state index contributed by atoms with van der Waals surface area (Å²) in [7, 11) is 5.59. The third-order valence-electron chi connectivity index (χ3n) is 4.66. The summed E-state index contributed by atoms with van der Waals surface area (Å²) in [5, 5.41) is 3.70. The third kappa shape index (κ3) is 3.89. The number of nitrogens with zero attached hydrogens (tertiary/aromatic N) is 1. The summed E-state index contributed by atoms with van der Waals surface area (Å²) in [6, 6.07) is 7.20. The zero-order valence-corrected chi connectivity index (χ0v) is 13.8. The second-order valence-electron chi connectivity index (χ2n) is 6.17. The number of likely N-dealkylation sites (tertiary alicyclic amines) is 1. The lowest BCUT2D eigenvalue weighted by atomic mass is 9.89. The Labute approximate surface area is 128 Å². The highest BCUT2D eigenvalue weighted by atomic mass is 16.5. The maximum atomic E-state index is 5.46. The van der Waals surface area contributed by atoms with Crippen LogP contribution in [-0.2, 0) is 6.54 Å². The Morgan fingerprint density at radius 1 is 1.24 bits per heavy atom. The highest BCUT2D eigenvalue weighted by Crippen LogP contribution is 2.26. The second kappa shape index (κ2) is 7.14. The van der Waals surface area contributed by atoms with Gasteiger partial charge in [0.25, 0.3) is 0 Å². The molecule has 0 amide bonds. The molecule has 3 atom stereocenters. The van der Waals surface area contributed by atoms with Crippen LogP contribution in [0.2, 0.25) is 0 Å². The maximum Gasteiger partial charge on any atom is 0.127 e. The van der Waals surface area contributed by atoms with Crippen LogP contribution in [0.25, 0.3) is 0 Å². The van der Waals surface area contributed by atoms with Gasteiger partial charge in [-0.3, -0.25) is 0 Å². The predicted octanol–water partition coefficient (Wildman–Crippen LogP) is 2.52.